The summed E-state index contributed by atoms with van der Waals surface area (Å²) < 4.78 is 27.2. The van der Waals surface area contributed by atoms with Crippen molar-refractivity contribution < 1.29 is 13.3 Å². The minimum Gasteiger partial charge on any atom is -0.258 e. The van der Waals surface area contributed by atoms with Crippen molar-refractivity contribution in [1.82, 2.24) is 4.72 Å². The fourth-order valence-electron chi connectivity index (χ4n) is 1.92. The Morgan fingerprint density at radius 3 is 2.41 bits per heavy atom. The van der Waals surface area contributed by atoms with E-state index >= 15 is 0 Å². The third-order valence-corrected chi connectivity index (χ3v) is 5.07. The number of halogens is 1. The van der Waals surface area contributed by atoms with E-state index < -0.39 is 21.0 Å². The molecule has 0 bridgehead atoms. The smallest absolute Gasteiger partial charge is 0.258 e. The quantitative estimate of drug-likeness (QED) is 0.668. The molecule has 22 heavy (non-hydrogen) atoms. The molecule has 0 amide bonds. The molecule has 0 heterocycles. The van der Waals surface area contributed by atoms with Gasteiger partial charge in [-0.25, -0.2) is 13.1 Å². The molecule has 0 saturated carbocycles. The minimum atomic E-state index is -3.98. The molecule has 0 radical (unpaired) electrons. The Balaban J connectivity index is 2.35. The molecule has 0 aliphatic heterocycles. The Kier molecular flexibility index (Phi) is 4.80. The molecule has 0 fully saturated rings. The highest BCUT2D eigenvalue weighted by Gasteiger charge is 2.23. The van der Waals surface area contributed by atoms with Crippen molar-refractivity contribution in [2.24, 2.45) is 0 Å². The Morgan fingerprint density at radius 2 is 1.82 bits per heavy atom. The van der Waals surface area contributed by atoms with Crippen LogP contribution >= 0.6 is 11.6 Å². The van der Waals surface area contributed by atoms with Crippen LogP contribution in [0.3, 0.4) is 0 Å². The average Bonchev–Trinajstić information content (AvgIpc) is 2.47. The average molecular weight is 341 g/mol. The maximum Gasteiger partial charge on any atom is 0.270 e. The van der Waals surface area contributed by atoms with Crippen LogP contribution in [0.1, 0.15) is 18.5 Å². The summed E-state index contributed by atoms with van der Waals surface area (Å²) >= 11 is 5.87. The van der Waals surface area contributed by atoms with Crippen LogP contribution in [0.15, 0.2) is 53.4 Å². The first kappa shape index (κ1) is 16.4. The van der Waals surface area contributed by atoms with E-state index in [1.807, 2.05) is 6.07 Å². The third-order valence-electron chi connectivity index (χ3n) is 3.05. The van der Waals surface area contributed by atoms with Gasteiger partial charge in [0.05, 0.1) is 9.95 Å². The fraction of sp³-hybridized carbons (Fsp3) is 0.143. The van der Waals surface area contributed by atoms with E-state index in [1.165, 1.54) is 6.07 Å². The molecule has 2 rings (SSSR count). The molecule has 1 N–H and O–H groups in total. The zero-order valence-corrected chi connectivity index (χ0v) is 13.1. The van der Waals surface area contributed by atoms with Gasteiger partial charge in [0.25, 0.3) is 5.69 Å². The predicted octanol–water partition coefficient (Wildman–Crippen LogP) is 3.29. The van der Waals surface area contributed by atoms with Gasteiger partial charge in [-0.3, -0.25) is 10.1 Å². The standard InChI is InChI=1S/C14H13ClN2O4S/c1-10(11-5-3-2-4-6-11)16-22(20,21)14-9-12(17(18)19)7-8-13(14)15/h2-10,16H,1H3/t10-/m1/s1. The van der Waals surface area contributed by atoms with Crippen LogP contribution in [0.4, 0.5) is 5.69 Å². The summed E-state index contributed by atoms with van der Waals surface area (Å²) in [6, 6.07) is 11.8. The van der Waals surface area contributed by atoms with E-state index in [2.05, 4.69) is 4.72 Å². The summed E-state index contributed by atoms with van der Waals surface area (Å²) in [7, 11) is -3.98. The summed E-state index contributed by atoms with van der Waals surface area (Å²) in [6.07, 6.45) is 0. The molecule has 6 nitrogen and oxygen atoms in total. The monoisotopic (exact) mass is 340 g/mol. The molecule has 0 unspecified atom stereocenters. The molecule has 8 heteroatoms. The Hall–Kier alpha value is -1.96. The second kappa shape index (κ2) is 6.43. The lowest BCUT2D eigenvalue weighted by molar-refractivity contribution is -0.385. The van der Waals surface area contributed by atoms with Gasteiger partial charge in [0.1, 0.15) is 4.90 Å². The molecule has 0 aromatic heterocycles. The highest BCUT2D eigenvalue weighted by Crippen LogP contribution is 2.27. The number of rotatable bonds is 5. The van der Waals surface area contributed by atoms with E-state index in [0.29, 0.717) is 0 Å². The van der Waals surface area contributed by atoms with Crippen LogP contribution < -0.4 is 4.72 Å². The number of hydrogen-bond donors (Lipinski definition) is 1. The first-order chi connectivity index (χ1) is 10.3. The first-order valence-electron chi connectivity index (χ1n) is 6.32. The van der Waals surface area contributed by atoms with Gasteiger partial charge in [0, 0.05) is 18.2 Å². The zero-order chi connectivity index (χ0) is 16.3. The Bertz CT molecular complexity index is 794. The maximum atomic E-state index is 12.4. The van der Waals surface area contributed by atoms with E-state index in [4.69, 9.17) is 11.6 Å². The van der Waals surface area contributed by atoms with Crippen molar-refractivity contribution in [3.63, 3.8) is 0 Å². The largest absolute Gasteiger partial charge is 0.270 e. The summed E-state index contributed by atoms with van der Waals surface area (Å²) in [5, 5.41) is 10.7. The molecule has 116 valence electrons. The van der Waals surface area contributed by atoms with Crippen molar-refractivity contribution >= 4 is 27.3 Å². The van der Waals surface area contributed by atoms with Gasteiger partial charge in [-0.2, -0.15) is 0 Å². The number of nitro benzene ring substituents is 1. The molecular formula is C14H13ClN2O4S. The van der Waals surface area contributed by atoms with Crippen molar-refractivity contribution in [3.05, 3.63) is 69.2 Å². The lowest BCUT2D eigenvalue weighted by Crippen LogP contribution is -2.27. The fourth-order valence-corrected chi connectivity index (χ4v) is 3.67. The van der Waals surface area contributed by atoms with Crippen LogP contribution in [0.25, 0.3) is 0 Å². The van der Waals surface area contributed by atoms with E-state index in [0.717, 1.165) is 17.7 Å². The molecule has 0 aliphatic carbocycles. The van der Waals surface area contributed by atoms with Crippen molar-refractivity contribution in [2.75, 3.05) is 0 Å². The highest BCUT2D eigenvalue weighted by atomic mass is 35.5. The van der Waals surface area contributed by atoms with Gasteiger partial charge < -0.3 is 0 Å². The molecular weight excluding hydrogens is 328 g/mol. The molecule has 1 atom stereocenters. The number of nitrogens with zero attached hydrogens (tertiary/aromatic N) is 1. The maximum absolute atomic E-state index is 12.4. The molecule has 2 aromatic rings. The van der Waals surface area contributed by atoms with Gasteiger partial charge in [-0.15, -0.1) is 0 Å². The molecule has 2 aromatic carbocycles. The highest BCUT2D eigenvalue weighted by molar-refractivity contribution is 7.89. The van der Waals surface area contributed by atoms with Crippen molar-refractivity contribution in [3.8, 4) is 0 Å². The second-order valence-electron chi connectivity index (χ2n) is 4.63. The van der Waals surface area contributed by atoms with Gasteiger partial charge >= 0.3 is 0 Å². The normalized spacial score (nSPS) is 12.8. The van der Waals surface area contributed by atoms with Crippen LogP contribution in [0.2, 0.25) is 5.02 Å². The third kappa shape index (κ3) is 3.62. The van der Waals surface area contributed by atoms with Gasteiger partial charge in [-0.1, -0.05) is 41.9 Å². The minimum absolute atomic E-state index is 0.0710. The summed E-state index contributed by atoms with van der Waals surface area (Å²) in [4.78, 5) is 9.80. The Morgan fingerprint density at radius 1 is 1.18 bits per heavy atom. The number of sulfonamides is 1. The second-order valence-corrected chi connectivity index (χ2v) is 6.72. The summed E-state index contributed by atoms with van der Waals surface area (Å²) in [5.74, 6) is 0. The SMILES string of the molecule is C[C@@H](NS(=O)(=O)c1cc([N+](=O)[O-])ccc1Cl)c1ccccc1. The number of hydrogen-bond acceptors (Lipinski definition) is 4. The lowest BCUT2D eigenvalue weighted by Gasteiger charge is -2.15. The number of non-ortho nitro benzene ring substituents is 1. The van der Waals surface area contributed by atoms with E-state index in [-0.39, 0.29) is 15.6 Å². The molecule has 0 saturated heterocycles. The van der Waals surface area contributed by atoms with Crippen LogP contribution in [0, 0.1) is 10.1 Å². The van der Waals surface area contributed by atoms with Crippen molar-refractivity contribution in [1.29, 1.82) is 0 Å². The van der Waals surface area contributed by atoms with Gasteiger partial charge in [-0.05, 0) is 18.6 Å². The van der Waals surface area contributed by atoms with Crippen LogP contribution in [0.5, 0.6) is 0 Å². The van der Waals surface area contributed by atoms with E-state index in [9.17, 15) is 18.5 Å². The molecule has 0 aliphatic rings. The van der Waals surface area contributed by atoms with Crippen LogP contribution in [-0.4, -0.2) is 13.3 Å². The predicted molar refractivity (Wildman–Crippen MR) is 83.3 cm³/mol. The van der Waals surface area contributed by atoms with Crippen LogP contribution in [-0.2, 0) is 10.0 Å². The summed E-state index contributed by atoms with van der Waals surface area (Å²) in [5.41, 5.74) is 0.435. The zero-order valence-electron chi connectivity index (χ0n) is 11.6. The number of nitro groups is 1. The van der Waals surface area contributed by atoms with Gasteiger partial charge in [0.15, 0.2) is 0 Å². The molecule has 0 spiro atoms. The number of benzene rings is 2. The van der Waals surface area contributed by atoms with E-state index in [1.54, 1.807) is 31.2 Å². The van der Waals surface area contributed by atoms with Crippen molar-refractivity contribution in [2.45, 2.75) is 17.9 Å². The topological polar surface area (TPSA) is 89.3 Å². The Labute approximate surface area is 132 Å². The lowest BCUT2D eigenvalue weighted by atomic mass is 10.1. The van der Waals surface area contributed by atoms with Gasteiger partial charge in [0.2, 0.25) is 10.0 Å². The summed E-state index contributed by atoms with van der Waals surface area (Å²) in [6.45, 7) is 1.68. The first-order valence-corrected chi connectivity index (χ1v) is 8.18. The number of nitrogens with one attached hydrogen (secondary N) is 1.